The van der Waals surface area contributed by atoms with Gasteiger partial charge in [-0.3, -0.25) is 14.0 Å². The summed E-state index contributed by atoms with van der Waals surface area (Å²) in [6, 6.07) is 17.6. The van der Waals surface area contributed by atoms with Crippen LogP contribution in [0.4, 0.5) is 10.8 Å². The fourth-order valence-electron chi connectivity index (χ4n) is 5.05. The summed E-state index contributed by atoms with van der Waals surface area (Å²) in [5, 5.41) is 0.573. The van der Waals surface area contributed by atoms with Gasteiger partial charge in [0, 0.05) is 30.8 Å². The molecule has 0 bridgehead atoms. The summed E-state index contributed by atoms with van der Waals surface area (Å²) >= 11 is 1.42. The lowest BCUT2D eigenvalue weighted by Crippen LogP contribution is -2.35. The predicted octanol–water partition coefficient (Wildman–Crippen LogP) is 4.77. The molecule has 40 heavy (non-hydrogen) atoms. The molecule has 0 spiro atoms. The average Bonchev–Trinajstić information content (AvgIpc) is 3.59. The number of benzene rings is 3. The predicted molar refractivity (Wildman–Crippen MR) is 156 cm³/mol. The van der Waals surface area contributed by atoms with E-state index in [1.807, 2.05) is 50.5 Å². The number of hydrogen-bond acceptors (Lipinski definition) is 8. The Kier molecular flexibility index (Phi) is 7.11. The Bertz CT molecular complexity index is 1630. The molecule has 3 aromatic carbocycles. The van der Waals surface area contributed by atoms with Crippen LogP contribution in [0.25, 0.3) is 10.2 Å². The SMILES string of the molecule is CN(C)CCCN(C(=O)c1ccc(S(=O)(=O)N2CCCc3ccccc32)cc1)c1nc2cc3c(cc2s1)OCO3. The monoisotopic (exact) mass is 578 g/mol. The molecule has 0 saturated heterocycles. The molecular weight excluding hydrogens is 548 g/mol. The van der Waals surface area contributed by atoms with Crippen molar-refractivity contribution >= 4 is 48.3 Å². The Hall–Kier alpha value is -3.67. The van der Waals surface area contributed by atoms with E-state index in [0.717, 1.165) is 47.3 Å². The van der Waals surface area contributed by atoms with Crippen LogP contribution in [0.3, 0.4) is 0 Å². The second-order valence-corrected chi connectivity index (χ2v) is 13.0. The van der Waals surface area contributed by atoms with Crippen molar-refractivity contribution in [2.75, 3.05) is 49.7 Å². The lowest BCUT2D eigenvalue weighted by molar-refractivity contribution is 0.0986. The van der Waals surface area contributed by atoms with Gasteiger partial charge in [0.25, 0.3) is 15.9 Å². The van der Waals surface area contributed by atoms with Crippen molar-refractivity contribution in [1.29, 1.82) is 0 Å². The number of carbonyl (C=O) groups is 1. The van der Waals surface area contributed by atoms with E-state index >= 15 is 0 Å². The lowest BCUT2D eigenvalue weighted by Gasteiger charge is -2.30. The number of carbonyl (C=O) groups excluding carboxylic acids is 1. The second-order valence-electron chi connectivity index (χ2n) is 10.1. The van der Waals surface area contributed by atoms with E-state index in [9.17, 15) is 13.2 Å². The minimum Gasteiger partial charge on any atom is -0.454 e. The number of anilines is 2. The Balaban J connectivity index is 1.28. The van der Waals surface area contributed by atoms with Gasteiger partial charge in [-0.25, -0.2) is 13.4 Å². The maximum atomic E-state index is 13.8. The Labute approximate surface area is 237 Å². The van der Waals surface area contributed by atoms with Gasteiger partial charge in [0.1, 0.15) is 0 Å². The first-order valence-corrected chi connectivity index (χ1v) is 15.4. The minimum absolute atomic E-state index is 0.161. The Morgan fingerprint density at radius 1 is 1.02 bits per heavy atom. The standard InChI is InChI=1S/C29H30N4O5S2/c1-31(2)14-6-15-32(29-30-23-17-25-26(38-19-37-25)18-27(23)39-29)28(34)21-10-12-22(13-11-21)40(35,36)33-16-5-8-20-7-3-4-9-24(20)33/h3-4,7,9-13,17-18H,5-6,8,14-16,19H2,1-2H3. The zero-order chi connectivity index (χ0) is 27.9. The number of hydrogen-bond donors (Lipinski definition) is 0. The molecule has 0 atom stereocenters. The van der Waals surface area contributed by atoms with Crippen molar-refractivity contribution in [2.24, 2.45) is 0 Å². The van der Waals surface area contributed by atoms with Gasteiger partial charge in [0.2, 0.25) is 6.79 Å². The first-order chi connectivity index (χ1) is 19.3. The highest BCUT2D eigenvalue weighted by Crippen LogP contribution is 2.40. The molecule has 1 aromatic heterocycles. The number of ether oxygens (including phenoxy) is 2. The largest absolute Gasteiger partial charge is 0.454 e. The highest BCUT2D eigenvalue weighted by Gasteiger charge is 2.30. The van der Waals surface area contributed by atoms with Crippen LogP contribution in [-0.2, 0) is 16.4 Å². The van der Waals surface area contributed by atoms with Crippen LogP contribution >= 0.6 is 11.3 Å². The quantitative estimate of drug-likeness (QED) is 0.298. The molecule has 0 fully saturated rings. The molecule has 9 nitrogen and oxygen atoms in total. The molecule has 0 radical (unpaired) electrons. The number of rotatable bonds is 8. The van der Waals surface area contributed by atoms with Crippen molar-refractivity contribution in [2.45, 2.75) is 24.2 Å². The topological polar surface area (TPSA) is 92.3 Å². The van der Waals surface area contributed by atoms with Crippen LogP contribution in [0.1, 0.15) is 28.8 Å². The van der Waals surface area contributed by atoms with Crippen molar-refractivity contribution in [3.63, 3.8) is 0 Å². The summed E-state index contributed by atoms with van der Waals surface area (Å²) in [5.41, 5.74) is 2.88. The van der Waals surface area contributed by atoms with Gasteiger partial charge >= 0.3 is 0 Å². The third-order valence-electron chi connectivity index (χ3n) is 7.09. The Morgan fingerprint density at radius 3 is 2.55 bits per heavy atom. The number of sulfonamides is 1. The van der Waals surface area contributed by atoms with Gasteiger partial charge in [0.15, 0.2) is 16.6 Å². The van der Waals surface area contributed by atoms with E-state index in [0.29, 0.717) is 35.3 Å². The van der Waals surface area contributed by atoms with Crippen molar-refractivity contribution in [3.05, 3.63) is 71.8 Å². The second kappa shape index (κ2) is 10.7. The zero-order valence-corrected chi connectivity index (χ0v) is 24.0. The number of aryl methyl sites for hydroxylation is 1. The average molecular weight is 579 g/mol. The summed E-state index contributed by atoms with van der Waals surface area (Å²) in [6.07, 6.45) is 2.37. The van der Waals surface area contributed by atoms with Crippen molar-refractivity contribution in [3.8, 4) is 11.5 Å². The normalized spacial score (nSPS) is 14.5. The number of nitrogens with zero attached hydrogens (tertiary/aromatic N) is 4. The van der Waals surface area contributed by atoms with Crippen LogP contribution in [0, 0.1) is 0 Å². The molecule has 11 heteroatoms. The third-order valence-corrected chi connectivity index (χ3v) is 9.96. The number of thiazole rings is 1. The molecule has 1 amide bonds. The van der Waals surface area contributed by atoms with Crippen LogP contribution in [-0.4, -0.2) is 64.7 Å². The maximum absolute atomic E-state index is 13.8. The molecular formula is C29H30N4O5S2. The third kappa shape index (κ3) is 5.00. The zero-order valence-electron chi connectivity index (χ0n) is 22.4. The van der Waals surface area contributed by atoms with Gasteiger partial charge in [-0.05, 0) is 75.8 Å². The molecule has 6 rings (SSSR count). The molecule has 2 aliphatic heterocycles. The highest BCUT2D eigenvalue weighted by atomic mass is 32.2. The molecule has 2 aliphatic rings. The van der Waals surface area contributed by atoms with Crippen molar-refractivity contribution in [1.82, 2.24) is 9.88 Å². The van der Waals surface area contributed by atoms with Gasteiger partial charge in [-0.1, -0.05) is 29.5 Å². The van der Waals surface area contributed by atoms with E-state index in [-0.39, 0.29) is 17.6 Å². The van der Waals surface area contributed by atoms with Crippen LogP contribution < -0.4 is 18.7 Å². The smallest absolute Gasteiger partial charge is 0.264 e. The number of para-hydroxylation sites is 1. The van der Waals surface area contributed by atoms with Gasteiger partial charge in [-0.15, -0.1) is 0 Å². The van der Waals surface area contributed by atoms with Crippen LogP contribution in [0.5, 0.6) is 11.5 Å². The van der Waals surface area contributed by atoms with E-state index < -0.39 is 10.0 Å². The van der Waals surface area contributed by atoms with Gasteiger partial charge in [0.05, 0.1) is 20.8 Å². The summed E-state index contributed by atoms with van der Waals surface area (Å²) in [5.74, 6) is 1.08. The molecule has 0 unspecified atom stereocenters. The molecule has 0 saturated carbocycles. The van der Waals surface area contributed by atoms with E-state index in [1.165, 1.54) is 27.8 Å². The fourth-order valence-corrected chi connectivity index (χ4v) is 7.59. The van der Waals surface area contributed by atoms with Crippen LogP contribution in [0.15, 0.2) is 65.6 Å². The highest BCUT2D eigenvalue weighted by molar-refractivity contribution is 7.92. The van der Waals surface area contributed by atoms with E-state index in [4.69, 9.17) is 14.5 Å². The number of fused-ring (bicyclic) bond motifs is 3. The lowest BCUT2D eigenvalue weighted by atomic mass is 10.0. The summed E-state index contributed by atoms with van der Waals surface area (Å²) in [4.78, 5) is 22.4. The molecule has 0 N–H and O–H groups in total. The van der Waals surface area contributed by atoms with E-state index in [1.54, 1.807) is 17.0 Å². The van der Waals surface area contributed by atoms with Crippen LogP contribution in [0.2, 0.25) is 0 Å². The first kappa shape index (κ1) is 26.5. The van der Waals surface area contributed by atoms with Gasteiger partial charge < -0.3 is 14.4 Å². The van der Waals surface area contributed by atoms with Gasteiger partial charge in [-0.2, -0.15) is 0 Å². The number of amides is 1. The van der Waals surface area contributed by atoms with Crippen molar-refractivity contribution < 1.29 is 22.7 Å². The fraction of sp³-hybridized carbons (Fsp3) is 0.310. The summed E-state index contributed by atoms with van der Waals surface area (Å²) in [6.45, 7) is 1.88. The summed E-state index contributed by atoms with van der Waals surface area (Å²) in [7, 11) is 0.215. The molecule has 0 aliphatic carbocycles. The maximum Gasteiger partial charge on any atom is 0.264 e. The van der Waals surface area contributed by atoms with E-state index in [2.05, 4.69) is 4.90 Å². The molecule has 208 valence electrons. The minimum atomic E-state index is -3.77. The summed E-state index contributed by atoms with van der Waals surface area (Å²) < 4.78 is 40.5. The molecule has 4 aromatic rings. The number of aromatic nitrogens is 1. The Morgan fingerprint density at radius 2 is 1.77 bits per heavy atom. The molecule has 3 heterocycles. The first-order valence-electron chi connectivity index (χ1n) is 13.2.